The van der Waals surface area contributed by atoms with Crippen molar-refractivity contribution in [3.8, 4) is 0 Å². The molecular formula is C19H25FN2O3. The van der Waals surface area contributed by atoms with Crippen LogP contribution in [-0.4, -0.2) is 34.0 Å². The SMILES string of the molecule is C[C@@H]1CC(C)(C)C[C@]2(C1)NC(=O)N(C[C@H](O)c1ccc(F)cc1)C2=O. The lowest BCUT2D eigenvalue weighted by molar-refractivity contribution is -0.135. The number of nitrogens with one attached hydrogen (secondary N) is 1. The van der Waals surface area contributed by atoms with Crippen molar-refractivity contribution in [2.24, 2.45) is 11.3 Å². The molecule has 1 aliphatic carbocycles. The van der Waals surface area contributed by atoms with Gasteiger partial charge in [-0.2, -0.15) is 0 Å². The zero-order valence-corrected chi connectivity index (χ0v) is 14.9. The van der Waals surface area contributed by atoms with E-state index in [1.165, 1.54) is 24.3 Å². The van der Waals surface area contributed by atoms with Crippen molar-refractivity contribution < 1.29 is 19.1 Å². The number of carbonyl (C=O) groups is 2. The highest BCUT2D eigenvalue weighted by atomic mass is 19.1. The molecule has 6 heteroatoms. The van der Waals surface area contributed by atoms with E-state index in [1.807, 2.05) is 0 Å². The van der Waals surface area contributed by atoms with Crippen molar-refractivity contribution in [3.05, 3.63) is 35.6 Å². The van der Waals surface area contributed by atoms with Crippen LogP contribution >= 0.6 is 0 Å². The third-order valence-electron chi connectivity index (χ3n) is 5.23. The van der Waals surface area contributed by atoms with E-state index in [0.717, 1.165) is 11.3 Å². The number of benzene rings is 1. The van der Waals surface area contributed by atoms with Gasteiger partial charge in [-0.05, 0) is 48.3 Å². The van der Waals surface area contributed by atoms with Crippen molar-refractivity contribution in [1.82, 2.24) is 10.2 Å². The van der Waals surface area contributed by atoms with Gasteiger partial charge in [0.1, 0.15) is 11.4 Å². The van der Waals surface area contributed by atoms with Crippen LogP contribution in [-0.2, 0) is 4.79 Å². The summed E-state index contributed by atoms with van der Waals surface area (Å²) in [6.07, 6.45) is 1.18. The predicted molar refractivity (Wildman–Crippen MR) is 91.1 cm³/mol. The lowest BCUT2D eigenvalue weighted by Gasteiger charge is -2.43. The summed E-state index contributed by atoms with van der Waals surface area (Å²) >= 11 is 0. The quantitative estimate of drug-likeness (QED) is 0.825. The number of halogens is 1. The van der Waals surface area contributed by atoms with Crippen LogP contribution in [0.4, 0.5) is 9.18 Å². The number of carbonyl (C=O) groups excluding carboxylic acids is 2. The molecule has 3 rings (SSSR count). The van der Waals surface area contributed by atoms with Crippen molar-refractivity contribution in [2.45, 2.75) is 51.7 Å². The number of aliphatic hydroxyl groups excluding tert-OH is 1. The summed E-state index contributed by atoms with van der Waals surface area (Å²) in [7, 11) is 0. The second-order valence-corrected chi connectivity index (χ2v) is 8.35. The Labute approximate surface area is 147 Å². The Balaban J connectivity index is 1.78. The highest BCUT2D eigenvalue weighted by Crippen LogP contribution is 2.46. The molecule has 1 aromatic carbocycles. The van der Waals surface area contributed by atoms with E-state index in [1.54, 1.807) is 0 Å². The molecule has 0 aromatic heterocycles. The molecule has 2 aliphatic rings. The van der Waals surface area contributed by atoms with Crippen LogP contribution in [0.15, 0.2) is 24.3 Å². The molecule has 2 N–H and O–H groups in total. The molecule has 0 unspecified atom stereocenters. The largest absolute Gasteiger partial charge is 0.387 e. The van der Waals surface area contributed by atoms with Gasteiger partial charge in [0.05, 0.1) is 12.6 Å². The lowest BCUT2D eigenvalue weighted by atomic mass is 9.64. The first-order chi connectivity index (χ1) is 11.6. The second kappa shape index (κ2) is 6.09. The Kier molecular flexibility index (Phi) is 4.35. The zero-order chi connectivity index (χ0) is 18.4. The Hall–Kier alpha value is -1.95. The van der Waals surface area contributed by atoms with E-state index in [2.05, 4.69) is 26.1 Å². The molecule has 25 heavy (non-hydrogen) atoms. The Morgan fingerprint density at radius 1 is 1.28 bits per heavy atom. The lowest BCUT2D eigenvalue weighted by Crippen LogP contribution is -2.54. The third kappa shape index (κ3) is 3.40. The Morgan fingerprint density at radius 3 is 2.52 bits per heavy atom. The van der Waals surface area contributed by atoms with E-state index in [4.69, 9.17) is 0 Å². The number of amides is 3. The van der Waals surface area contributed by atoms with E-state index >= 15 is 0 Å². The fraction of sp³-hybridized carbons (Fsp3) is 0.579. The van der Waals surface area contributed by atoms with Gasteiger partial charge in [0.15, 0.2) is 0 Å². The number of imide groups is 1. The molecule has 1 saturated carbocycles. The van der Waals surface area contributed by atoms with Crippen LogP contribution in [0.25, 0.3) is 0 Å². The van der Waals surface area contributed by atoms with Gasteiger partial charge in [-0.3, -0.25) is 9.69 Å². The first kappa shape index (κ1) is 17.9. The molecule has 0 bridgehead atoms. The van der Waals surface area contributed by atoms with Crippen LogP contribution in [0.3, 0.4) is 0 Å². The summed E-state index contributed by atoms with van der Waals surface area (Å²) in [4.78, 5) is 26.5. The number of β-amino-alcohol motifs (C(OH)–C–C–N with tert-alkyl or cyclic N) is 1. The molecule has 1 aromatic rings. The van der Waals surface area contributed by atoms with E-state index in [0.29, 0.717) is 24.3 Å². The summed E-state index contributed by atoms with van der Waals surface area (Å²) in [5.41, 5.74) is -0.437. The molecule has 2 fully saturated rings. The molecule has 0 radical (unpaired) electrons. The maximum atomic E-state index is 13.0. The standard InChI is InChI=1S/C19H25FN2O3/c1-12-8-18(2,3)11-19(9-12)16(24)22(17(25)21-19)10-15(23)13-4-6-14(20)7-5-13/h4-7,12,15,23H,8-11H2,1-3H3,(H,21,25)/t12-,15+,19+/m1/s1. The summed E-state index contributed by atoms with van der Waals surface area (Å²) in [5, 5.41) is 13.2. The maximum Gasteiger partial charge on any atom is 0.325 e. The van der Waals surface area contributed by atoms with Gasteiger partial charge in [-0.1, -0.05) is 32.9 Å². The van der Waals surface area contributed by atoms with Crippen LogP contribution < -0.4 is 5.32 Å². The van der Waals surface area contributed by atoms with Crippen molar-refractivity contribution in [2.75, 3.05) is 6.54 Å². The summed E-state index contributed by atoms with van der Waals surface area (Å²) in [6, 6.07) is 4.95. The Bertz CT molecular complexity index is 688. The normalized spacial score (nSPS) is 29.8. The minimum absolute atomic E-state index is 0.0355. The van der Waals surface area contributed by atoms with Gasteiger partial charge < -0.3 is 10.4 Å². The van der Waals surface area contributed by atoms with Gasteiger partial charge in [0.25, 0.3) is 5.91 Å². The molecule has 1 aliphatic heterocycles. The minimum atomic E-state index is -1.04. The number of rotatable bonds is 3. The molecule has 1 spiro atoms. The Morgan fingerprint density at radius 2 is 1.92 bits per heavy atom. The maximum absolute atomic E-state index is 13.0. The number of hydrogen-bond acceptors (Lipinski definition) is 3. The number of urea groups is 1. The van der Waals surface area contributed by atoms with Gasteiger partial charge in [-0.25, -0.2) is 9.18 Å². The highest BCUT2D eigenvalue weighted by Gasteiger charge is 2.56. The average Bonchev–Trinajstić information content (AvgIpc) is 2.69. The zero-order valence-electron chi connectivity index (χ0n) is 14.9. The first-order valence-corrected chi connectivity index (χ1v) is 8.70. The van der Waals surface area contributed by atoms with E-state index in [-0.39, 0.29) is 17.9 Å². The average molecular weight is 348 g/mol. The summed E-state index contributed by atoms with van der Waals surface area (Å²) in [5.74, 6) is -0.337. The molecule has 1 saturated heterocycles. The van der Waals surface area contributed by atoms with Gasteiger partial charge >= 0.3 is 6.03 Å². The second-order valence-electron chi connectivity index (χ2n) is 8.35. The smallest absolute Gasteiger partial charge is 0.325 e. The fourth-order valence-electron chi connectivity index (χ4n) is 4.64. The van der Waals surface area contributed by atoms with Gasteiger partial charge in [-0.15, -0.1) is 0 Å². The van der Waals surface area contributed by atoms with Gasteiger partial charge in [0.2, 0.25) is 0 Å². The van der Waals surface area contributed by atoms with Crippen molar-refractivity contribution in [1.29, 1.82) is 0 Å². The molecule has 136 valence electrons. The third-order valence-corrected chi connectivity index (χ3v) is 5.23. The van der Waals surface area contributed by atoms with Gasteiger partial charge in [0, 0.05) is 0 Å². The summed E-state index contributed by atoms with van der Waals surface area (Å²) in [6.45, 7) is 6.19. The monoisotopic (exact) mass is 348 g/mol. The molecule has 1 heterocycles. The highest BCUT2D eigenvalue weighted by molar-refractivity contribution is 6.07. The molecule has 3 atom stereocenters. The molecular weight excluding hydrogens is 323 g/mol. The predicted octanol–water partition coefficient (Wildman–Crippen LogP) is 3.00. The van der Waals surface area contributed by atoms with Crippen molar-refractivity contribution >= 4 is 11.9 Å². The fourth-order valence-corrected chi connectivity index (χ4v) is 4.64. The van der Waals surface area contributed by atoms with Crippen LogP contribution in [0, 0.1) is 17.2 Å². The minimum Gasteiger partial charge on any atom is -0.387 e. The van der Waals surface area contributed by atoms with Crippen LogP contribution in [0.1, 0.15) is 51.7 Å². The topological polar surface area (TPSA) is 69.6 Å². The van der Waals surface area contributed by atoms with Crippen LogP contribution in [0.2, 0.25) is 0 Å². The summed E-state index contributed by atoms with van der Waals surface area (Å²) < 4.78 is 13.0. The van der Waals surface area contributed by atoms with Crippen molar-refractivity contribution in [3.63, 3.8) is 0 Å². The van der Waals surface area contributed by atoms with E-state index < -0.39 is 23.5 Å². The van der Waals surface area contributed by atoms with E-state index in [9.17, 15) is 19.1 Å². The first-order valence-electron chi connectivity index (χ1n) is 8.70. The number of aliphatic hydroxyl groups is 1. The molecule has 3 amide bonds. The number of nitrogens with zero attached hydrogens (tertiary/aromatic N) is 1. The number of hydrogen-bond donors (Lipinski definition) is 2. The molecule has 5 nitrogen and oxygen atoms in total. The van der Waals surface area contributed by atoms with Crippen LogP contribution in [0.5, 0.6) is 0 Å².